The quantitative estimate of drug-likeness (QED) is 0.552. The van der Waals surface area contributed by atoms with Gasteiger partial charge in [0, 0.05) is 5.46 Å². The smallest absolute Gasteiger partial charge is 0.496 e. The van der Waals surface area contributed by atoms with Gasteiger partial charge in [-0.05, 0) is 63.9 Å². The topological polar surface area (TPSA) is 63.2 Å². The highest BCUT2D eigenvalue weighted by atomic mass is 16.7. The number of rotatable bonds is 4. The van der Waals surface area contributed by atoms with Gasteiger partial charge in [-0.2, -0.15) is 0 Å². The predicted molar refractivity (Wildman–Crippen MR) is 114 cm³/mol. The van der Waals surface area contributed by atoms with E-state index in [0.29, 0.717) is 28.8 Å². The van der Waals surface area contributed by atoms with Crippen molar-refractivity contribution in [1.82, 2.24) is 0 Å². The van der Waals surface area contributed by atoms with Gasteiger partial charge < -0.3 is 23.5 Å². The van der Waals surface area contributed by atoms with E-state index in [0.717, 1.165) is 6.42 Å². The number of carbonyl (C=O) groups is 1. The van der Waals surface area contributed by atoms with Crippen LogP contribution >= 0.6 is 0 Å². The lowest BCUT2D eigenvalue weighted by atomic mass is 9.43. The number of hydrogen-bond donors (Lipinski definition) is 0. The third kappa shape index (κ3) is 3.13. The summed E-state index contributed by atoms with van der Waals surface area (Å²) in [5, 5.41) is 0. The van der Waals surface area contributed by atoms with Crippen molar-refractivity contribution in [1.29, 1.82) is 0 Å². The first-order valence-corrected chi connectivity index (χ1v) is 10.7. The van der Waals surface area contributed by atoms with Crippen molar-refractivity contribution >= 4 is 18.6 Å². The molecule has 7 heteroatoms. The van der Waals surface area contributed by atoms with Gasteiger partial charge in [0.25, 0.3) is 0 Å². The number of benzene rings is 1. The molecular formula is C23H33BO6. The summed E-state index contributed by atoms with van der Waals surface area (Å²) in [5.41, 5.74) is 0.210. The van der Waals surface area contributed by atoms with Gasteiger partial charge in [0.05, 0.1) is 25.9 Å². The minimum Gasteiger partial charge on any atom is -0.496 e. The second kappa shape index (κ2) is 6.89. The van der Waals surface area contributed by atoms with Gasteiger partial charge in [0.15, 0.2) is 0 Å². The van der Waals surface area contributed by atoms with Crippen LogP contribution in [0.25, 0.3) is 0 Å². The second-order valence-corrected chi connectivity index (χ2v) is 10.6. The molecule has 1 aromatic rings. The molecule has 4 fully saturated rings. The van der Waals surface area contributed by atoms with Crippen molar-refractivity contribution in [3.63, 3.8) is 0 Å². The molecule has 0 amide bonds. The molecule has 0 N–H and O–H groups in total. The van der Waals surface area contributed by atoms with Crippen LogP contribution in [0.1, 0.15) is 64.7 Å². The van der Waals surface area contributed by atoms with Crippen LogP contribution in [-0.2, 0) is 14.0 Å². The number of methoxy groups -OCH3 is 2. The third-order valence-electron chi connectivity index (χ3n) is 7.38. The number of ether oxygens (including phenoxy) is 3. The van der Waals surface area contributed by atoms with Gasteiger partial charge in [0.2, 0.25) is 0 Å². The van der Waals surface area contributed by atoms with E-state index in [2.05, 4.69) is 20.8 Å². The lowest BCUT2D eigenvalue weighted by Crippen LogP contribution is -2.65. The molecule has 3 saturated carbocycles. The molecular weight excluding hydrogens is 383 g/mol. The van der Waals surface area contributed by atoms with Crippen LogP contribution in [0.4, 0.5) is 0 Å². The standard InChI is InChI=1S/C23H33BO6/c1-21(2,3)28-20(25)18-15(26-7)10-9-14(19(18)27-8)24-29-17-12-13-11-16(22(13,4)5)23(17,6)30-24/h9-10,13,16-17H,11-12H2,1-8H3/t13-,16-,17?,23-/m0/s1. The first-order chi connectivity index (χ1) is 13.9. The molecule has 0 spiro atoms. The number of carbonyl (C=O) groups excluding carboxylic acids is 1. The van der Waals surface area contributed by atoms with Crippen molar-refractivity contribution in [3.05, 3.63) is 17.7 Å². The van der Waals surface area contributed by atoms with E-state index >= 15 is 0 Å². The van der Waals surface area contributed by atoms with Crippen molar-refractivity contribution in [2.45, 2.75) is 71.7 Å². The van der Waals surface area contributed by atoms with E-state index < -0.39 is 18.7 Å². The maximum absolute atomic E-state index is 13.0. The van der Waals surface area contributed by atoms with Gasteiger partial charge in [-0.15, -0.1) is 0 Å². The summed E-state index contributed by atoms with van der Waals surface area (Å²) in [4.78, 5) is 13.0. The van der Waals surface area contributed by atoms with Crippen molar-refractivity contribution < 1.29 is 28.3 Å². The molecule has 164 valence electrons. The molecule has 1 heterocycles. The fourth-order valence-corrected chi connectivity index (χ4v) is 5.68. The number of esters is 1. The molecule has 2 bridgehead atoms. The summed E-state index contributed by atoms with van der Waals surface area (Å²) < 4.78 is 29.7. The summed E-state index contributed by atoms with van der Waals surface area (Å²) >= 11 is 0. The fourth-order valence-electron chi connectivity index (χ4n) is 5.68. The maximum Gasteiger partial charge on any atom is 0.498 e. The Hall–Kier alpha value is -1.73. The van der Waals surface area contributed by atoms with Crippen LogP contribution in [0.3, 0.4) is 0 Å². The SMILES string of the molecule is COc1ccc(B2OC3C[C@@H]4C[C@@H](C4(C)C)[C@]3(C)O2)c(OC)c1C(=O)OC(C)(C)C. The normalized spacial score (nSPS) is 31.6. The zero-order chi connectivity index (χ0) is 22.1. The fraction of sp³-hybridized carbons (Fsp3) is 0.696. The molecule has 4 atom stereocenters. The Morgan fingerprint density at radius 3 is 2.40 bits per heavy atom. The summed E-state index contributed by atoms with van der Waals surface area (Å²) in [6.07, 6.45) is 2.21. The summed E-state index contributed by atoms with van der Waals surface area (Å²) in [6.45, 7) is 12.3. The Bertz CT molecular complexity index is 860. The molecule has 4 aliphatic rings. The Morgan fingerprint density at radius 1 is 1.13 bits per heavy atom. The third-order valence-corrected chi connectivity index (χ3v) is 7.38. The van der Waals surface area contributed by atoms with E-state index in [4.69, 9.17) is 23.5 Å². The average molecular weight is 416 g/mol. The van der Waals surface area contributed by atoms with Crippen molar-refractivity contribution in [2.75, 3.05) is 14.2 Å². The van der Waals surface area contributed by atoms with Gasteiger partial charge in [-0.25, -0.2) is 4.79 Å². The van der Waals surface area contributed by atoms with E-state index in [1.54, 1.807) is 6.07 Å². The Kier molecular flexibility index (Phi) is 4.94. The first kappa shape index (κ1) is 21.5. The minimum absolute atomic E-state index is 0.0380. The molecule has 3 aliphatic carbocycles. The van der Waals surface area contributed by atoms with Crippen LogP contribution in [0, 0.1) is 17.3 Å². The highest BCUT2D eigenvalue weighted by molar-refractivity contribution is 6.63. The van der Waals surface area contributed by atoms with Crippen molar-refractivity contribution in [3.8, 4) is 11.5 Å². The van der Waals surface area contributed by atoms with Gasteiger partial charge in [-0.1, -0.05) is 19.9 Å². The van der Waals surface area contributed by atoms with Crippen LogP contribution in [-0.4, -0.2) is 44.6 Å². The Morgan fingerprint density at radius 2 is 1.83 bits per heavy atom. The van der Waals surface area contributed by atoms with Crippen molar-refractivity contribution in [2.24, 2.45) is 17.3 Å². The highest BCUT2D eigenvalue weighted by Gasteiger charge is 2.68. The molecule has 1 aromatic carbocycles. The molecule has 1 unspecified atom stereocenters. The largest absolute Gasteiger partial charge is 0.498 e. The molecule has 0 radical (unpaired) electrons. The van der Waals surface area contributed by atoms with E-state index in [1.165, 1.54) is 20.6 Å². The van der Waals surface area contributed by atoms with Crippen LogP contribution in [0.15, 0.2) is 12.1 Å². The Balaban J connectivity index is 1.70. The Labute approximate surface area is 179 Å². The molecule has 1 aliphatic heterocycles. The van der Waals surface area contributed by atoms with Gasteiger partial charge >= 0.3 is 13.1 Å². The van der Waals surface area contributed by atoms with E-state index in [-0.39, 0.29) is 22.7 Å². The van der Waals surface area contributed by atoms with Crippen LogP contribution in [0.2, 0.25) is 0 Å². The number of hydrogen-bond acceptors (Lipinski definition) is 6. The zero-order valence-electron chi connectivity index (χ0n) is 19.3. The molecule has 30 heavy (non-hydrogen) atoms. The molecule has 6 nitrogen and oxygen atoms in total. The minimum atomic E-state index is -0.640. The van der Waals surface area contributed by atoms with Gasteiger partial charge in [0.1, 0.15) is 22.7 Å². The van der Waals surface area contributed by atoms with E-state index in [1.807, 2.05) is 26.8 Å². The van der Waals surface area contributed by atoms with Crippen LogP contribution in [0.5, 0.6) is 11.5 Å². The van der Waals surface area contributed by atoms with E-state index in [9.17, 15) is 4.79 Å². The monoisotopic (exact) mass is 416 g/mol. The summed E-state index contributed by atoms with van der Waals surface area (Å²) in [5.74, 6) is 1.40. The second-order valence-electron chi connectivity index (χ2n) is 10.6. The average Bonchev–Trinajstić information content (AvgIpc) is 3.01. The van der Waals surface area contributed by atoms with Crippen LogP contribution < -0.4 is 14.9 Å². The summed E-state index contributed by atoms with van der Waals surface area (Å²) in [7, 11) is 2.46. The molecule has 5 rings (SSSR count). The summed E-state index contributed by atoms with van der Waals surface area (Å²) in [6, 6.07) is 3.60. The molecule has 0 aromatic heterocycles. The molecule has 1 saturated heterocycles. The predicted octanol–water partition coefficient (Wildman–Crippen LogP) is 3.59. The zero-order valence-corrected chi connectivity index (χ0v) is 19.3. The first-order valence-electron chi connectivity index (χ1n) is 10.7. The lowest BCUT2D eigenvalue weighted by molar-refractivity contribution is -0.199. The maximum atomic E-state index is 13.0. The highest BCUT2D eigenvalue weighted by Crippen LogP contribution is 2.65. The van der Waals surface area contributed by atoms with Gasteiger partial charge in [-0.3, -0.25) is 0 Å². The lowest BCUT2D eigenvalue weighted by Gasteiger charge is -2.64.